The molecule has 0 amide bonds. The topological polar surface area (TPSA) is 24.5 Å². The third kappa shape index (κ3) is 6.19. The molecule has 19 heavy (non-hydrogen) atoms. The van der Waals surface area contributed by atoms with Crippen LogP contribution in [0, 0.1) is 0 Å². The van der Waals surface area contributed by atoms with Crippen molar-refractivity contribution in [2.75, 3.05) is 27.7 Å². The first-order valence-electron chi connectivity index (χ1n) is 6.92. The highest BCUT2D eigenvalue weighted by atomic mass is 16.5. The van der Waals surface area contributed by atoms with Crippen LogP contribution in [0.5, 0.6) is 0 Å². The van der Waals surface area contributed by atoms with Gasteiger partial charge in [-0.05, 0) is 52.0 Å². The molecule has 1 rings (SSSR count). The van der Waals surface area contributed by atoms with E-state index in [0.717, 1.165) is 26.1 Å². The largest absolute Gasteiger partial charge is 0.379 e. The van der Waals surface area contributed by atoms with E-state index in [1.807, 2.05) is 0 Å². The maximum absolute atomic E-state index is 5.42. The van der Waals surface area contributed by atoms with Gasteiger partial charge in [-0.25, -0.2) is 0 Å². The summed E-state index contributed by atoms with van der Waals surface area (Å²) in [6.45, 7) is 7.12. The molecule has 1 aromatic carbocycles. The van der Waals surface area contributed by atoms with Gasteiger partial charge in [0.2, 0.25) is 0 Å². The van der Waals surface area contributed by atoms with Crippen molar-refractivity contribution >= 4 is 0 Å². The molecule has 0 bridgehead atoms. The highest BCUT2D eigenvalue weighted by Crippen LogP contribution is 2.13. The van der Waals surface area contributed by atoms with Crippen molar-refractivity contribution in [2.24, 2.45) is 0 Å². The molecule has 0 aliphatic rings. The fourth-order valence-electron chi connectivity index (χ4n) is 1.94. The van der Waals surface area contributed by atoms with Gasteiger partial charge in [0.15, 0.2) is 0 Å². The smallest absolute Gasteiger partial charge is 0.0634 e. The lowest BCUT2D eigenvalue weighted by atomic mass is 10.0. The summed E-state index contributed by atoms with van der Waals surface area (Å²) in [5.41, 5.74) is 2.73. The van der Waals surface area contributed by atoms with Crippen molar-refractivity contribution in [1.29, 1.82) is 0 Å². The third-order valence-electron chi connectivity index (χ3n) is 3.38. The molecule has 0 fully saturated rings. The second-order valence-corrected chi connectivity index (χ2v) is 5.90. The lowest BCUT2D eigenvalue weighted by molar-refractivity contribution is 0.0158. The lowest BCUT2D eigenvalue weighted by Gasteiger charge is -2.23. The van der Waals surface area contributed by atoms with Crippen molar-refractivity contribution in [1.82, 2.24) is 10.2 Å². The number of ether oxygens (including phenoxy) is 1. The first kappa shape index (κ1) is 16.2. The van der Waals surface area contributed by atoms with Crippen LogP contribution in [0.25, 0.3) is 0 Å². The summed E-state index contributed by atoms with van der Waals surface area (Å²) >= 11 is 0. The van der Waals surface area contributed by atoms with Crippen LogP contribution in [0.3, 0.4) is 0 Å². The molecular weight excluding hydrogens is 236 g/mol. The molecule has 0 saturated heterocycles. The van der Waals surface area contributed by atoms with Gasteiger partial charge in [0.05, 0.1) is 5.60 Å². The third-order valence-corrected chi connectivity index (χ3v) is 3.38. The molecule has 0 atom stereocenters. The average molecular weight is 264 g/mol. The van der Waals surface area contributed by atoms with Crippen molar-refractivity contribution in [3.8, 4) is 0 Å². The van der Waals surface area contributed by atoms with E-state index in [-0.39, 0.29) is 5.60 Å². The number of hydrogen-bond donors (Lipinski definition) is 1. The molecule has 0 aromatic heterocycles. The van der Waals surface area contributed by atoms with Gasteiger partial charge in [-0.3, -0.25) is 0 Å². The Labute approximate surface area is 118 Å². The first-order valence-corrected chi connectivity index (χ1v) is 6.92. The molecular formula is C16H28N2O. The normalized spacial score (nSPS) is 12.1. The van der Waals surface area contributed by atoms with E-state index in [0.29, 0.717) is 0 Å². The molecule has 108 valence electrons. The van der Waals surface area contributed by atoms with Gasteiger partial charge in [-0.15, -0.1) is 0 Å². The minimum atomic E-state index is -0.0455. The maximum atomic E-state index is 5.42. The Morgan fingerprint density at radius 3 is 2.37 bits per heavy atom. The zero-order valence-corrected chi connectivity index (χ0v) is 13.0. The van der Waals surface area contributed by atoms with Gasteiger partial charge >= 0.3 is 0 Å². The minimum absolute atomic E-state index is 0.0455. The van der Waals surface area contributed by atoms with Crippen LogP contribution in [-0.2, 0) is 17.8 Å². The SMILES string of the molecule is COC(C)(C)CCNCc1ccccc1CN(C)C. The number of nitrogens with zero attached hydrogens (tertiary/aromatic N) is 1. The quantitative estimate of drug-likeness (QED) is 0.731. The van der Waals surface area contributed by atoms with Crippen LogP contribution < -0.4 is 5.32 Å². The summed E-state index contributed by atoms with van der Waals surface area (Å²) in [5.74, 6) is 0. The van der Waals surface area contributed by atoms with Gasteiger partial charge in [-0.1, -0.05) is 24.3 Å². The standard InChI is InChI=1S/C16H28N2O/c1-16(2,19-5)10-11-17-12-14-8-6-7-9-15(14)13-18(3)4/h6-9,17H,10-13H2,1-5H3. The lowest BCUT2D eigenvalue weighted by Crippen LogP contribution is -2.29. The molecule has 0 spiro atoms. The van der Waals surface area contributed by atoms with E-state index in [2.05, 4.69) is 62.4 Å². The van der Waals surface area contributed by atoms with Crippen LogP contribution in [0.15, 0.2) is 24.3 Å². The summed E-state index contributed by atoms with van der Waals surface area (Å²) in [6.07, 6.45) is 1.01. The Kier molecular flexibility index (Phi) is 6.49. The predicted molar refractivity (Wildman–Crippen MR) is 81.2 cm³/mol. The van der Waals surface area contributed by atoms with Gasteiger partial charge in [0.25, 0.3) is 0 Å². The highest BCUT2D eigenvalue weighted by molar-refractivity contribution is 5.26. The van der Waals surface area contributed by atoms with E-state index in [9.17, 15) is 0 Å². The van der Waals surface area contributed by atoms with E-state index < -0.39 is 0 Å². The van der Waals surface area contributed by atoms with Crippen LogP contribution in [0.2, 0.25) is 0 Å². The Hall–Kier alpha value is -0.900. The van der Waals surface area contributed by atoms with Crippen molar-refractivity contribution in [3.63, 3.8) is 0 Å². The number of nitrogens with one attached hydrogen (secondary N) is 1. The molecule has 0 aliphatic carbocycles. The van der Waals surface area contributed by atoms with Crippen molar-refractivity contribution < 1.29 is 4.74 Å². The highest BCUT2D eigenvalue weighted by Gasteiger charge is 2.15. The zero-order chi connectivity index (χ0) is 14.3. The van der Waals surface area contributed by atoms with Crippen LogP contribution in [0.1, 0.15) is 31.4 Å². The molecule has 1 N–H and O–H groups in total. The van der Waals surface area contributed by atoms with E-state index in [4.69, 9.17) is 4.74 Å². The maximum Gasteiger partial charge on any atom is 0.0634 e. The predicted octanol–water partition coefficient (Wildman–Crippen LogP) is 2.65. The molecule has 3 heteroatoms. The van der Waals surface area contributed by atoms with E-state index in [1.165, 1.54) is 11.1 Å². The molecule has 1 aromatic rings. The van der Waals surface area contributed by atoms with E-state index in [1.54, 1.807) is 7.11 Å². The summed E-state index contributed by atoms with van der Waals surface area (Å²) < 4.78 is 5.42. The number of hydrogen-bond acceptors (Lipinski definition) is 3. The first-order chi connectivity index (χ1) is 8.94. The Bertz CT molecular complexity index is 375. The summed E-state index contributed by atoms with van der Waals surface area (Å²) in [4.78, 5) is 2.20. The van der Waals surface area contributed by atoms with Crippen LogP contribution >= 0.6 is 0 Å². The fraction of sp³-hybridized carbons (Fsp3) is 0.625. The molecule has 0 heterocycles. The van der Waals surface area contributed by atoms with Gasteiger partial charge < -0.3 is 15.0 Å². The molecule has 3 nitrogen and oxygen atoms in total. The number of methoxy groups -OCH3 is 1. The molecule has 0 unspecified atom stereocenters. The van der Waals surface area contributed by atoms with Gasteiger partial charge in [0.1, 0.15) is 0 Å². The minimum Gasteiger partial charge on any atom is -0.379 e. The number of benzene rings is 1. The number of rotatable bonds is 8. The molecule has 0 aliphatic heterocycles. The van der Waals surface area contributed by atoms with Crippen molar-refractivity contribution in [2.45, 2.75) is 39.0 Å². The molecule has 0 radical (unpaired) electrons. The van der Waals surface area contributed by atoms with E-state index >= 15 is 0 Å². The van der Waals surface area contributed by atoms with Crippen LogP contribution in [0.4, 0.5) is 0 Å². The second-order valence-electron chi connectivity index (χ2n) is 5.90. The zero-order valence-electron chi connectivity index (χ0n) is 13.0. The Morgan fingerprint density at radius 2 is 1.79 bits per heavy atom. The second kappa shape index (κ2) is 7.63. The van der Waals surface area contributed by atoms with Crippen LogP contribution in [-0.4, -0.2) is 38.3 Å². The summed E-state index contributed by atoms with van der Waals surface area (Å²) in [5, 5.41) is 3.51. The fourth-order valence-corrected chi connectivity index (χ4v) is 1.94. The average Bonchev–Trinajstić information content (AvgIpc) is 2.36. The Morgan fingerprint density at radius 1 is 1.16 bits per heavy atom. The van der Waals surface area contributed by atoms with Gasteiger partial charge in [0, 0.05) is 20.2 Å². The summed E-state index contributed by atoms with van der Waals surface area (Å²) in [6, 6.07) is 8.62. The Balaban J connectivity index is 2.45. The summed E-state index contributed by atoms with van der Waals surface area (Å²) in [7, 11) is 5.98. The monoisotopic (exact) mass is 264 g/mol. The van der Waals surface area contributed by atoms with Gasteiger partial charge in [-0.2, -0.15) is 0 Å². The van der Waals surface area contributed by atoms with Crippen molar-refractivity contribution in [3.05, 3.63) is 35.4 Å². The molecule has 0 saturated carbocycles.